The Morgan fingerprint density at radius 2 is 1.81 bits per heavy atom. The number of benzene rings is 2. The van der Waals surface area contributed by atoms with Crippen LogP contribution >= 0.6 is 0 Å². The Hall–Kier alpha value is -4.94. The van der Waals surface area contributed by atoms with E-state index in [0.29, 0.717) is 42.3 Å². The number of carbonyl (C=O) groups is 4. The number of nitrogens with one attached hydrogen (secondary N) is 4. The number of aromatic nitrogens is 3. The molecule has 3 rings (SSSR count). The maximum absolute atomic E-state index is 12.6. The van der Waals surface area contributed by atoms with Crippen LogP contribution in [0.1, 0.15) is 37.2 Å². The van der Waals surface area contributed by atoms with Crippen LogP contribution in [0.2, 0.25) is 0 Å². The van der Waals surface area contributed by atoms with E-state index < -0.39 is 23.9 Å². The second-order valence-corrected chi connectivity index (χ2v) is 10.0. The molecule has 0 fully saturated rings. The summed E-state index contributed by atoms with van der Waals surface area (Å²) in [6.45, 7) is 5.58. The fourth-order valence-electron chi connectivity index (χ4n) is 4.11. The normalized spacial score (nSPS) is 12.1. The van der Waals surface area contributed by atoms with Gasteiger partial charge in [0, 0.05) is 25.6 Å². The van der Waals surface area contributed by atoms with Crippen LogP contribution in [0.15, 0.2) is 48.8 Å². The number of hydrogen-bond donors (Lipinski definition) is 5. The average Bonchev–Trinajstić information content (AvgIpc) is 3.39. The topological polar surface area (TPSA) is 177 Å². The number of urea groups is 1. The first-order chi connectivity index (χ1) is 20.0. The molecule has 0 aliphatic rings. The van der Waals surface area contributed by atoms with Crippen molar-refractivity contribution in [3.63, 3.8) is 0 Å². The quantitative estimate of drug-likeness (QED) is 0.194. The van der Waals surface area contributed by atoms with Gasteiger partial charge in [-0.3, -0.25) is 14.3 Å². The summed E-state index contributed by atoms with van der Waals surface area (Å²) in [5.74, 6) is -0.618. The molecule has 3 aromatic rings. The molecule has 0 saturated heterocycles. The van der Waals surface area contributed by atoms with Crippen LogP contribution in [0, 0.1) is 12.8 Å². The largest absolute Gasteiger partial charge is 0.495 e. The van der Waals surface area contributed by atoms with E-state index in [9.17, 15) is 24.3 Å². The van der Waals surface area contributed by atoms with Crippen LogP contribution in [-0.4, -0.2) is 63.4 Å². The zero-order chi connectivity index (χ0) is 30.6. The van der Waals surface area contributed by atoms with E-state index in [1.54, 1.807) is 18.2 Å². The number of ether oxygens (including phenoxy) is 1. The van der Waals surface area contributed by atoms with E-state index in [1.165, 1.54) is 25.0 Å². The summed E-state index contributed by atoms with van der Waals surface area (Å²) in [4.78, 5) is 51.8. The number of rotatable bonds is 14. The van der Waals surface area contributed by atoms with Crippen molar-refractivity contribution in [3.05, 3.63) is 65.7 Å². The van der Waals surface area contributed by atoms with Gasteiger partial charge in [-0.1, -0.05) is 31.2 Å². The summed E-state index contributed by atoms with van der Waals surface area (Å²) >= 11 is 0. The first-order valence-corrected chi connectivity index (χ1v) is 13.5. The Morgan fingerprint density at radius 3 is 2.50 bits per heavy atom. The van der Waals surface area contributed by atoms with Gasteiger partial charge < -0.3 is 31.1 Å². The molecular weight excluding hydrogens is 542 g/mol. The Kier molecular flexibility index (Phi) is 11.4. The predicted molar refractivity (Wildman–Crippen MR) is 156 cm³/mol. The lowest BCUT2D eigenvalue weighted by molar-refractivity contribution is -0.142. The minimum absolute atomic E-state index is 0.0318. The number of para-hydroxylation sites is 1. The third-order valence-electron chi connectivity index (χ3n) is 6.41. The van der Waals surface area contributed by atoms with Crippen molar-refractivity contribution in [2.24, 2.45) is 5.92 Å². The number of aliphatic carboxylic acids is 1. The van der Waals surface area contributed by atoms with Gasteiger partial charge in [0.2, 0.25) is 11.8 Å². The molecule has 1 heterocycles. The van der Waals surface area contributed by atoms with Gasteiger partial charge in [-0.25, -0.2) is 14.6 Å². The fourth-order valence-corrected chi connectivity index (χ4v) is 4.11. The number of carboxylic acids is 1. The van der Waals surface area contributed by atoms with E-state index in [4.69, 9.17) is 4.74 Å². The van der Waals surface area contributed by atoms with Crippen LogP contribution in [0.3, 0.4) is 0 Å². The van der Waals surface area contributed by atoms with Gasteiger partial charge in [-0.2, -0.15) is 5.10 Å². The van der Waals surface area contributed by atoms with E-state index >= 15 is 0 Å². The number of methoxy groups -OCH3 is 1. The Balaban J connectivity index is 1.44. The van der Waals surface area contributed by atoms with Crippen molar-refractivity contribution < 1.29 is 29.0 Å². The maximum Gasteiger partial charge on any atom is 0.328 e. The third-order valence-corrected chi connectivity index (χ3v) is 6.41. The third kappa shape index (κ3) is 9.91. The molecule has 13 heteroatoms. The van der Waals surface area contributed by atoms with E-state index in [2.05, 4.69) is 31.3 Å². The summed E-state index contributed by atoms with van der Waals surface area (Å²) in [6, 6.07) is 11.1. The van der Waals surface area contributed by atoms with Gasteiger partial charge >= 0.3 is 12.0 Å². The van der Waals surface area contributed by atoms with Gasteiger partial charge in [-0.05, 0) is 48.6 Å². The van der Waals surface area contributed by atoms with Gasteiger partial charge in [0.25, 0.3) is 0 Å². The predicted octanol–water partition coefficient (Wildman–Crippen LogP) is 2.76. The lowest BCUT2D eigenvalue weighted by Gasteiger charge is -2.14. The molecule has 5 N–H and O–H groups in total. The number of carbonyl (C=O) groups excluding carboxylic acids is 3. The van der Waals surface area contributed by atoms with Crippen LogP contribution in [0.25, 0.3) is 0 Å². The van der Waals surface area contributed by atoms with Crippen LogP contribution in [0.4, 0.5) is 16.2 Å². The zero-order valence-electron chi connectivity index (χ0n) is 24.1. The number of hydrogen-bond acceptors (Lipinski definition) is 7. The highest BCUT2D eigenvalue weighted by Gasteiger charge is 2.20. The molecule has 224 valence electrons. The van der Waals surface area contributed by atoms with Crippen molar-refractivity contribution in [1.82, 2.24) is 25.4 Å². The maximum atomic E-state index is 12.6. The number of anilines is 2. The number of aryl methyl sites for hydroxylation is 2. The summed E-state index contributed by atoms with van der Waals surface area (Å²) in [5.41, 5.74) is 2.85. The smallest absolute Gasteiger partial charge is 0.328 e. The molecule has 0 aliphatic carbocycles. The molecule has 0 saturated carbocycles. The summed E-state index contributed by atoms with van der Waals surface area (Å²) in [7, 11) is 1.50. The highest BCUT2D eigenvalue weighted by molar-refractivity contribution is 6.01. The molecule has 0 aliphatic heterocycles. The molecule has 2 aromatic carbocycles. The minimum Gasteiger partial charge on any atom is -0.495 e. The van der Waals surface area contributed by atoms with E-state index in [-0.39, 0.29) is 24.8 Å². The van der Waals surface area contributed by atoms with E-state index in [0.717, 1.165) is 11.1 Å². The van der Waals surface area contributed by atoms with Crippen molar-refractivity contribution in [2.75, 3.05) is 24.3 Å². The minimum atomic E-state index is -1.15. The Labute approximate surface area is 244 Å². The van der Waals surface area contributed by atoms with Crippen LogP contribution in [0.5, 0.6) is 5.75 Å². The highest BCUT2D eigenvalue weighted by Crippen LogP contribution is 2.26. The molecule has 0 spiro atoms. The van der Waals surface area contributed by atoms with Crippen LogP contribution < -0.4 is 26.0 Å². The molecule has 2 unspecified atom stereocenters. The first-order valence-electron chi connectivity index (χ1n) is 13.5. The summed E-state index contributed by atoms with van der Waals surface area (Å²) in [5, 5.41) is 24.4. The van der Waals surface area contributed by atoms with E-state index in [1.807, 2.05) is 38.1 Å². The first kappa shape index (κ1) is 31.6. The average molecular weight is 580 g/mol. The zero-order valence-corrected chi connectivity index (χ0v) is 24.1. The molecule has 4 amide bonds. The fraction of sp³-hybridized carbons (Fsp3) is 0.379. The van der Waals surface area contributed by atoms with Crippen molar-refractivity contribution in [2.45, 2.75) is 52.6 Å². The SMILES string of the molecule is COc1cc(CC(=O)NCC(C)CCc2ncn(CC(NC(C)=O)C(=O)O)n2)ccc1NC(=O)Nc1ccccc1C. The Morgan fingerprint density at radius 1 is 1.07 bits per heavy atom. The highest BCUT2D eigenvalue weighted by atomic mass is 16.5. The molecule has 2 atom stereocenters. The molecule has 1 aromatic heterocycles. The number of carboxylic acid groups (broad SMARTS) is 1. The monoisotopic (exact) mass is 579 g/mol. The molecule has 42 heavy (non-hydrogen) atoms. The molecular formula is C29H37N7O6. The standard InChI is InChI=1S/C29H37N7O6/c1-18(9-12-26-31-17-36(35-26)16-24(28(39)40)32-20(3)37)15-30-27(38)14-21-10-11-23(25(13-21)42-4)34-29(41)33-22-8-6-5-7-19(22)2/h5-8,10-11,13,17-18,24H,9,12,14-16H2,1-4H3,(H,30,38)(H,32,37)(H,39,40)(H2,33,34,41). The Bertz CT molecular complexity index is 1410. The second-order valence-electron chi connectivity index (χ2n) is 10.0. The molecule has 0 radical (unpaired) electrons. The van der Waals surface area contributed by atoms with Crippen molar-refractivity contribution >= 4 is 35.2 Å². The van der Waals surface area contributed by atoms with Crippen molar-refractivity contribution in [3.8, 4) is 5.75 Å². The van der Waals surface area contributed by atoms with Gasteiger partial charge in [0.15, 0.2) is 5.82 Å². The van der Waals surface area contributed by atoms with Crippen LogP contribution in [-0.2, 0) is 33.8 Å². The molecule has 0 bridgehead atoms. The summed E-state index contributed by atoms with van der Waals surface area (Å²) in [6.07, 6.45) is 2.83. The molecule has 13 nitrogen and oxygen atoms in total. The van der Waals surface area contributed by atoms with Gasteiger partial charge in [-0.15, -0.1) is 0 Å². The second kappa shape index (κ2) is 15.2. The van der Waals surface area contributed by atoms with Crippen molar-refractivity contribution in [1.29, 1.82) is 0 Å². The lowest BCUT2D eigenvalue weighted by Crippen LogP contribution is -2.42. The van der Waals surface area contributed by atoms with Gasteiger partial charge in [0.05, 0.1) is 25.8 Å². The number of amides is 4. The summed E-state index contributed by atoms with van der Waals surface area (Å²) < 4.78 is 6.82. The van der Waals surface area contributed by atoms with Gasteiger partial charge in [0.1, 0.15) is 18.1 Å². The lowest BCUT2D eigenvalue weighted by atomic mass is 10.1. The number of nitrogens with zero attached hydrogens (tertiary/aromatic N) is 3.